The van der Waals surface area contributed by atoms with Gasteiger partial charge < -0.3 is 39.8 Å². The highest BCUT2D eigenvalue weighted by Crippen LogP contribution is 2.42. The number of hydrogen-bond acceptors (Lipinski definition) is 13. The number of hydrogen-bond donors (Lipinski definition) is 5. The van der Waals surface area contributed by atoms with Crippen molar-refractivity contribution in [3.05, 3.63) is 75.5 Å². The van der Waals surface area contributed by atoms with Crippen LogP contribution in [0.25, 0.3) is 5.57 Å². The van der Waals surface area contributed by atoms with Crippen LogP contribution >= 0.6 is 37.9 Å². The van der Waals surface area contributed by atoms with Crippen molar-refractivity contribution in [3.63, 3.8) is 0 Å². The first kappa shape index (κ1) is 46.0. The van der Waals surface area contributed by atoms with Gasteiger partial charge in [0.05, 0.1) is 18.7 Å². The van der Waals surface area contributed by atoms with Crippen molar-refractivity contribution >= 4 is 73.5 Å². The third-order valence-corrected chi connectivity index (χ3v) is 13.7. The summed E-state index contributed by atoms with van der Waals surface area (Å²) in [6.07, 6.45) is 9.04. The summed E-state index contributed by atoms with van der Waals surface area (Å²) >= 11 is 14.0. The quantitative estimate of drug-likeness (QED) is 0.0845. The number of nitrogens with zero attached hydrogens (tertiary/aromatic N) is 5. The number of amides is 2. The molecule has 4 aliphatic heterocycles. The Balaban J connectivity index is 1.01. The molecule has 4 heterocycles. The fourth-order valence-electron chi connectivity index (χ4n) is 9.04. The molecule has 2 fully saturated rings. The van der Waals surface area contributed by atoms with Crippen LogP contribution in [0, 0.1) is 5.92 Å². The number of piperidine rings is 1. The highest BCUT2D eigenvalue weighted by Gasteiger charge is 2.32. The van der Waals surface area contributed by atoms with E-state index in [1.165, 1.54) is 45.4 Å². The number of carbonyl (C=O) groups excluding carboxylic acids is 4. The molecule has 0 aliphatic carbocycles. The topological polar surface area (TPSA) is 118 Å². The summed E-state index contributed by atoms with van der Waals surface area (Å²) in [5.41, 5.74) is 9.19. The highest BCUT2D eigenvalue weighted by molar-refractivity contribution is 8.16. The van der Waals surface area contributed by atoms with Crippen molar-refractivity contribution in [1.29, 1.82) is 0 Å². The van der Waals surface area contributed by atoms with Crippen LogP contribution < -0.4 is 20.3 Å². The second-order valence-electron chi connectivity index (χ2n) is 16.5. The molecule has 12 nitrogen and oxygen atoms in total. The van der Waals surface area contributed by atoms with Gasteiger partial charge in [0.15, 0.2) is 9.82 Å². The number of aldehydes is 2. The van der Waals surface area contributed by atoms with Gasteiger partial charge in [-0.05, 0) is 104 Å². The molecule has 0 bridgehead atoms. The van der Waals surface area contributed by atoms with E-state index in [1.807, 2.05) is 6.07 Å². The maximum atomic E-state index is 13.5. The number of anilines is 1. The summed E-state index contributed by atoms with van der Waals surface area (Å²) in [6, 6.07) is 9.18. The molecule has 60 heavy (non-hydrogen) atoms. The Morgan fingerprint density at radius 2 is 1.78 bits per heavy atom. The summed E-state index contributed by atoms with van der Waals surface area (Å²) < 4.78 is 5.24. The zero-order valence-corrected chi connectivity index (χ0v) is 38.3. The Morgan fingerprint density at radius 1 is 1.05 bits per heavy atom. The molecule has 6 rings (SSSR count). The molecule has 0 spiro atoms. The van der Waals surface area contributed by atoms with E-state index in [1.54, 1.807) is 26.3 Å². The molecule has 0 radical (unpaired) electrons. The number of aryl methyl sites for hydroxylation is 1. The van der Waals surface area contributed by atoms with E-state index in [2.05, 4.69) is 93.4 Å². The minimum Gasteiger partial charge on any atom is -0.496 e. The molecule has 2 saturated heterocycles. The molecule has 0 aromatic heterocycles. The van der Waals surface area contributed by atoms with Crippen LogP contribution in [0.15, 0.2) is 47.7 Å². The second kappa shape index (κ2) is 21.1. The van der Waals surface area contributed by atoms with Crippen molar-refractivity contribution in [2.75, 3.05) is 91.6 Å². The standard InChI is InChI=1S/C45H63N7O5S3/c1-5-32-22-34(40-28-52(45(58,59)60)26-35-25-47-14-10-38(35)40)23-42(57-4)41(32)27-50-20-18-49(19-21-50)15-11-31-12-16-51(17-13-31)36-7-6-33(29-53)39(24-36)44(56)48(3)37(30-54)8-9-43(55)46-2/h6-7,22-24,28-31,37,47,58-60H,5,8-21,25-27H2,1-4H3,(H,46,55). The average molecular weight is 878 g/mol. The molecule has 326 valence electrons. The third kappa shape index (κ3) is 11.1. The Labute approximate surface area is 372 Å². The molecule has 2 amide bonds. The summed E-state index contributed by atoms with van der Waals surface area (Å²) in [6.45, 7) is 12.6. The van der Waals surface area contributed by atoms with E-state index < -0.39 is 15.5 Å². The van der Waals surface area contributed by atoms with Crippen molar-refractivity contribution in [3.8, 4) is 5.75 Å². The smallest absolute Gasteiger partial charge is 0.255 e. The summed E-state index contributed by atoms with van der Waals surface area (Å²) in [5.74, 6) is 0.955. The van der Waals surface area contributed by atoms with Crippen molar-refractivity contribution in [1.82, 2.24) is 30.2 Å². The van der Waals surface area contributed by atoms with E-state index in [0.29, 0.717) is 18.5 Å². The van der Waals surface area contributed by atoms with Crippen molar-refractivity contribution < 1.29 is 23.9 Å². The van der Waals surface area contributed by atoms with Crippen LogP contribution in [0.1, 0.15) is 82.9 Å². The van der Waals surface area contributed by atoms with E-state index in [4.69, 9.17) is 4.74 Å². The Morgan fingerprint density at radius 3 is 2.43 bits per heavy atom. The number of ether oxygens (including phenoxy) is 1. The molecule has 2 N–H and O–H groups in total. The Kier molecular flexibility index (Phi) is 16.2. The number of benzene rings is 2. The summed E-state index contributed by atoms with van der Waals surface area (Å²) in [5, 5.41) is 6.07. The Hall–Kier alpha value is -3.47. The molecule has 15 heteroatoms. The summed E-state index contributed by atoms with van der Waals surface area (Å²) in [4.78, 5) is 59.9. The fourth-order valence-corrected chi connectivity index (χ4v) is 9.43. The van der Waals surface area contributed by atoms with E-state index in [9.17, 15) is 19.2 Å². The van der Waals surface area contributed by atoms with E-state index in [0.717, 1.165) is 116 Å². The minimum absolute atomic E-state index is 0.123. The van der Waals surface area contributed by atoms with Gasteiger partial charge in [0.25, 0.3) is 5.91 Å². The number of nitrogens with one attached hydrogen (secondary N) is 2. The lowest BCUT2D eigenvalue weighted by Gasteiger charge is -2.39. The number of piperazine rings is 1. The van der Waals surface area contributed by atoms with Gasteiger partial charge >= 0.3 is 0 Å². The molecule has 2 aromatic rings. The van der Waals surface area contributed by atoms with Crippen LogP contribution in [-0.4, -0.2) is 140 Å². The molecule has 1 atom stereocenters. The normalized spacial score (nSPS) is 18.8. The number of methoxy groups -OCH3 is 1. The summed E-state index contributed by atoms with van der Waals surface area (Å²) in [7, 11) is 4.86. The average Bonchev–Trinajstić information content (AvgIpc) is 3.27. The number of likely N-dealkylation sites (N-methyl/N-ethyl adjacent to an activating group) is 1. The second-order valence-corrected chi connectivity index (χ2v) is 19.5. The maximum Gasteiger partial charge on any atom is 0.255 e. The van der Waals surface area contributed by atoms with Gasteiger partial charge in [-0.15, -0.1) is 37.9 Å². The van der Waals surface area contributed by atoms with Crippen LogP contribution in [0.2, 0.25) is 0 Å². The fraction of sp³-hybridized carbons (Fsp3) is 0.556. The van der Waals surface area contributed by atoms with Crippen LogP contribution in [-0.2, 0) is 22.6 Å². The minimum atomic E-state index is -0.874. The van der Waals surface area contributed by atoms with Crippen LogP contribution in [0.5, 0.6) is 5.75 Å². The van der Waals surface area contributed by atoms with E-state index in [-0.39, 0.29) is 29.9 Å². The molecule has 0 saturated carbocycles. The molecule has 2 aromatic carbocycles. The van der Waals surface area contributed by atoms with Gasteiger partial charge in [-0.3, -0.25) is 19.3 Å². The molecule has 1 unspecified atom stereocenters. The molecular formula is C45H63N7O5S3. The largest absolute Gasteiger partial charge is 0.496 e. The van der Waals surface area contributed by atoms with Crippen molar-refractivity contribution in [2.24, 2.45) is 5.92 Å². The van der Waals surface area contributed by atoms with Gasteiger partial charge in [0.1, 0.15) is 12.0 Å². The monoisotopic (exact) mass is 877 g/mol. The number of rotatable bonds is 17. The lowest BCUT2D eigenvalue weighted by Crippen LogP contribution is -2.46. The highest BCUT2D eigenvalue weighted by atomic mass is 32.2. The zero-order valence-electron chi connectivity index (χ0n) is 35.6. The molecule has 4 aliphatic rings. The number of allylic oxidation sites excluding steroid dienone is 1. The first-order valence-electron chi connectivity index (χ1n) is 21.4. The predicted octanol–water partition coefficient (Wildman–Crippen LogP) is 5.01. The van der Waals surface area contributed by atoms with Crippen LogP contribution in [0.4, 0.5) is 5.69 Å². The van der Waals surface area contributed by atoms with E-state index >= 15 is 0 Å². The lowest BCUT2D eigenvalue weighted by atomic mass is 9.86. The predicted molar refractivity (Wildman–Crippen MR) is 250 cm³/mol. The number of thiol groups is 3. The van der Waals surface area contributed by atoms with Gasteiger partial charge in [-0.2, -0.15) is 0 Å². The zero-order chi connectivity index (χ0) is 43.0. The van der Waals surface area contributed by atoms with Gasteiger partial charge in [0, 0.05) is 108 Å². The molecular weight excluding hydrogens is 815 g/mol. The van der Waals surface area contributed by atoms with Gasteiger partial charge in [-0.1, -0.05) is 13.0 Å². The number of carbonyl (C=O) groups is 4. The van der Waals surface area contributed by atoms with Crippen molar-refractivity contribution in [2.45, 2.75) is 68.0 Å². The van der Waals surface area contributed by atoms with Crippen LogP contribution in [0.3, 0.4) is 0 Å². The first-order valence-corrected chi connectivity index (χ1v) is 22.7. The van der Waals surface area contributed by atoms with Gasteiger partial charge in [0.2, 0.25) is 5.91 Å². The lowest BCUT2D eigenvalue weighted by molar-refractivity contribution is -0.121. The first-order chi connectivity index (χ1) is 28.9. The third-order valence-electron chi connectivity index (χ3n) is 12.9. The SMILES string of the molecule is CCc1cc(C2=CN(C(S)(S)S)CC3=C2CCNC3)cc(OC)c1CN1CCN(CCC2CCN(c3ccc(C=O)c(C(=O)N(C)C(C=O)CCC(=O)NC)c3)CC2)CC1. The van der Waals surface area contributed by atoms with Gasteiger partial charge in [-0.25, -0.2) is 0 Å². The Bertz CT molecular complexity index is 1910. The maximum absolute atomic E-state index is 13.5.